The molecule has 0 aliphatic rings. The fraction of sp³-hybridized carbons (Fsp3) is 0.300. The number of amides is 1. The molecule has 0 aliphatic heterocycles. The van der Waals surface area contributed by atoms with Gasteiger partial charge in [0.05, 0.1) is 18.9 Å². The van der Waals surface area contributed by atoms with E-state index in [1.54, 1.807) is 0 Å². The zero-order chi connectivity index (χ0) is 12.1. The number of ether oxygens (including phenoxy) is 1. The fourth-order valence-electron chi connectivity index (χ4n) is 1.07. The summed E-state index contributed by atoms with van der Waals surface area (Å²) in [6.07, 6.45) is 2.50. The van der Waals surface area contributed by atoms with Crippen molar-refractivity contribution in [1.82, 2.24) is 10.3 Å². The predicted molar refractivity (Wildman–Crippen MR) is 54.8 cm³/mol. The van der Waals surface area contributed by atoms with Gasteiger partial charge in [-0.3, -0.25) is 9.78 Å². The molecule has 16 heavy (non-hydrogen) atoms. The number of nitrogens with zero attached hydrogens (tertiary/aromatic N) is 1. The maximum Gasteiger partial charge on any atom is 0.328 e. The molecule has 0 saturated carbocycles. The van der Waals surface area contributed by atoms with Crippen molar-refractivity contribution in [2.75, 3.05) is 7.11 Å². The topological polar surface area (TPSA) is 88.5 Å². The summed E-state index contributed by atoms with van der Waals surface area (Å²) in [5.41, 5.74) is 0.177. The van der Waals surface area contributed by atoms with E-state index in [1.165, 1.54) is 32.5 Å². The van der Waals surface area contributed by atoms with E-state index in [4.69, 9.17) is 5.11 Å². The molecule has 0 fully saturated rings. The van der Waals surface area contributed by atoms with Crippen molar-refractivity contribution in [3.05, 3.63) is 24.0 Å². The molecule has 1 aromatic rings. The second kappa shape index (κ2) is 5.11. The van der Waals surface area contributed by atoms with Crippen molar-refractivity contribution in [1.29, 1.82) is 0 Å². The normalized spacial score (nSPS) is 11.6. The summed E-state index contributed by atoms with van der Waals surface area (Å²) in [6, 6.07) is 0.506. The third kappa shape index (κ3) is 2.94. The van der Waals surface area contributed by atoms with Gasteiger partial charge in [0.1, 0.15) is 11.8 Å². The number of aromatic nitrogens is 1. The summed E-state index contributed by atoms with van der Waals surface area (Å²) in [5, 5.41) is 11.5. The lowest BCUT2D eigenvalue weighted by molar-refractivity contribution is -0.142. The molecule has 6 nitrogen and oxygen atoms in total. The minimum atomic E-state index is -0.750. The maximum absolute atomic E-state index is 11.6. The van der Waals surface area contributed by atoms with Crippen LogP contribution >= 0.6 is 0 Å². The first-order valence-corrected chi connectivity index (χ1v) is 4.57. The SMILES string of the molecule is COC(=O)C(C)NC(=O)c1cncc(O)c1. The number of rotatable bonds is 3. The zero-order valence-electron chi connectivity index (χ0n) is 8.93. The summed E-state index contributed by atoms with van der Waals surface area (Å²) in [4.78, 5) is 26.3. The van der Waals surface area contributed by atoms with Gasteiger partial charge in [-0.15, -0.1) is 0 Å². The molecule has 0 aliphatic carbocycles. The Kier molecular flexibility index (Phi) is 3.82. The van der Waals surface area contributed by atoms with Crippen molar-refractivity contribution in [3.8, 4) is 5.75 Å². The summed E-state index contributed by atoms with van der Waals surface area (Å²) in [5.74, 6) is -1.15. The van der Waals surface area contributed by atoms with Crippen LogP contribution in [0.4, 0.5) is 0 Å². The van der Waals surface area contributed by atoms with Crippen LogP contribution in [-0.4, -0.2) is 35.1 Å². The third-order valence-electron chi connectivity index (χ3n) is 1.89. The molecule has 0 saturated heterocycles. The summed E-state index contributed by atoms with van der Waals surface area (Å²) < 4.78 is 4.45. The molecule has 0 aromatic carbocycles. The largest absolute Gasteiger partial charge is 0.506 e. The highest BCUT2D eigenvalue weighted by molar-refractivity contribution is 5.96. The Labute approximate surface area is 92.3 Å². The van der Waals surface area contributed by atoms with Crippen LogP contribution in [0.25, 0.3) is 0 Å². The van der Waals surface area contributed by atoms with E-state index in [-0.39, 0.29) is 11.3 Å². The van der Waals surface area contributed by atoms with Gasteiger partial charge in [0, 0.05) is 6.20 Å². The fourth-order valence-corrected chi connectivity index (χ4v) is 1.07. The molecule has 6 heteroatoms. The summed E-state index contributed by atoms with van der Waals surface area (Å²) in [7, 11) is 1.24. The van der Waals surface area contributed by atoms with Crippen LogP contribution in [0.2, 0.25) is 0 Å². The summed E-state index contributed by atoms with van der Waals surface area (Å²) in [6.45, 7) is 1.50. The van der Waals surface area contributed by atoms with Crippen LogP contribution in [-0.2, 0) is 9.53 Å². The molecule has 1 amide bonds. The van der Waals surface area contributed by atoms with Crippen LogP contribution in [0, 0.1) is 0 Å². The third-order valence-corrected chi connectivity index (χ3v) is 1.89. The Morgan fingerprint density at radius 3 is 2.75 bits per heavy atom. The van der Waals surface area contributed by atoms with E-state index >= 15 is 0 Å². The highest BCUT2D eigenvalue weighted by Gasteiger charge is 2.17. The van der Waals surface area contributed by atoms with E-state index < -0.39 is 17.9 Å². The minimum absolute atomic E-state index is 0.113. The molecule has 1 heterocycles. The Bertz CT molecular complexity index is 406. The second-order valence-corrected chi connectivity index (χ2v) is 3.15. The van der Waals surface area contributed by atoms with Crippen molar-refractivity contribution in [3.63, 3.8) is 0 Å². The van der Waals surface area contributed by atoms with E-state index in [2.05, 4.69) is 15.0 Å². The lowest BCUT2D eigenvalue weighted by Crippen LogP contribution is -2.39. The van der Waals surface area contributed by atoms with Crippen molar-refractivity contribution in [2.24, 2.45) is 0 Å². The van der Waals surface area contributed by atoms with Crippen molar-refractivity contribution < 1.29 is 19.4 Å². The van der Waals surface area contributed by atoms with Gasteiger partial charge in [-0.25, -0.2) is 4.79 Å². The molecular formula is C10H12N2O4. The molecule has 0 bridgehead atoms. The number of methoxy groups -OCH3 is 1. The molecule has 1 rings (SSSR count). The molecule has 1 atom stereocenters. The van der Waals surface area contributed by atoms with Crippen molar-refractivity contribution in [2.45, 2.75) is 13.0 Å². The summed E-state index contributed by atoms with van der Waals surface area (Å²) >= 11 is 0. The van der Waals surface area contributed by atoms with Gasteiger partial charge >= 0.3 is 5.97 Å². The highest BCUT2D eigenvalue weighted by Crippen LogP contribution is 2.08. The smallest absolute Gasteiger partial charge is 0.328 e. The first-order valence-electron chi connectivity index (χ1n) is 4.57. The number of pyridine rings is 1. The highest BCUT2D eigenvalue weighted by atomic mass is 16.5. The number of nitrogens with one attached hydrogen (secondary N) is 1. The monoisotopic (exact) mass is 224 g/mol. The number of hydrogen-bond acceptors (Lipinski definition) is 5. The minimum Gasteiger partial charge on any atom is -0.506 e. The van der Waals surface area contributed by atoms with Gasteiger partial charge in [-0.1, -0.05) is 0 Å². The van der Waals surface area contributed by atoms with Gasteiger partial charge in [-0.2, -0.15) is 0 Å². The van der Waals surface area contributed by atoms with Crippen LogP contribution in [0.15, 0.2) is 18.5 Å². The van der Waals surface area contributed by atoms with Gasteiger partial charge in [-0.05, 0) is 13.0 Å². The van der Waals surface area contributed by atoms with Crippen molar-refractivity contribution >= 4 is 11.9 Å². The quantitative estimate of drug-likeness (QED) is 0.710. The van der Waals surface area contributed by atoms with Gasteiger partial charge < -0.3 is 15.2 Å². The van der Waals surface area contributed by atoms with E-state index in [9.17, 15) is 9.59 Å². The molecule has 2 N–H and O–H groups in total. The first kappa shape index (κ1) is 12.0. The number of hydrogen-bond donors (Lipinski definition) is 2. The predicted octanol–water partition coefficient (Wildman–Crippen LogP) is 0.0785. The number of carbonyl (C=O) groups is 2. The molecule has 1 unspecified atom stereocenters. The first-order chi connectivity index (χ1) is 7.54. The zero-order valence-corrected chi connectivity index (χ0v) is 8.93. The average molecular weight is 224 g/mol. The maximum atomic E-state index is 11.6. The average Bonchev–Trinajstić information content (AvgIpc) is 2.27. The molecule has 0 radical (unpaired) electrons. The number of aromatic hydroxyl groups is 1. The Hall–Kier alpha value is -2.11. The lowest BCUT2D eigenvalue weighted by Gasteiger charge is -2.11. The number of esters is 1. The molecule has 1 aromatic heterocycles. The van der Waals surface area contributed by atoms with Gasteiger partial charge in [0.25, 0.3) is 5.91 Å². The van der Waals surface area contributed by atoms with Crippen LogP contribution < -0.4 is 5.32 Å². The van der Waals surface area contributed by atoms with E-state index in [0.29, 0.717) is 0 Å². The Morgan fingerprint density at radius 1 is 1.50 bits per heavy atom. The Balaban J connectivity index is 2.69. The van der Waals surface area contributed by atoms with E-state index in [0.717, 1.165) is 0 Å². The van der Waals surface area contributed by atoms with Gasteiger partial charge in [0.2, 0.25) is 0 Å². The Morgan fingerprint density at radius 2 is 2.19 bits per heavy atom. The molecule has 0 spiro atoms. The van der Waals surface area contributed by atoms with E-state index in [1.807, 2.05) is 0 Å². The van der Waals surface area contributed by atoms with Crippen LogP contribution in [0.5, 0.6) is 5.75 Å². The van der Waals surface area contributed by atoms with Crippen LogP contribution in [0.3, 0.4) is 0 Å². The number of carbonyl (C=O) groups excluding carboxylic acids is 2. The lowest BCUT2D eigenvalue weighted by atomic mass is 10.2. The molecule has 86 valence electrons. The standard InChI is InChI=1S/C10H12N2O4/c1-6(10(15)16-2)12-9(14)7-3-8(13)5-11-4-7/h3-6,13H,1-2H3,(H,12,14). The molecular weight excluding hydrogens is 212 g/mol. The second-order valence-electron chi connectivity index (χ2n) is 3.15. The van der Waals surface area contributed by atoms with Gasteiger partial charge in [0.15, 0.2) is 0 Å². The van der Waals surface area contributed by atoms with Crippen LogP contribution in [0.1, 0.15) is 17.3 Å².